The van der Waals surface area contributed by atoms with Crippen LogP contribution in [-0.2, 0) is 20.8 Å². The maximum Gasteiger partial charge on any atom is 0.426 e. The van der Waals surface area contributed by atoms with Crippen molar-refractivity contribution in [3.05, 3.63) is 64.1 Å². The number of rotatable bonds is 6. The summed E-state index contributed by atoms with van der Waals surface area (Å²) in [6, 6.07) is 10.4. The second-order valence-corrected chi connectivity index (χ2v) is 9.35. The van der Waals surface area contributed by atoms with Crippen molar-refractivity contribution in [2.45, 2.75) is 51.9 Å². The van der Waals surface area contributed by atoms with Crippen molar-refractivity contribution in [2.24, 2.45) is 0 Å². The molecule has 194 valence electrons. The number of piperidine rings is 1. The van der Waals surface area contributed by atoms with Gasteiger partial charge in [0.25, 0.3) is 5.56 Å². The van der Waals surface area contributed by atoms with Gasteiger partial charge >= 0.3 is 18.2 Å². The van der Waals surface area contributed by atoms with Crippen LogP contribution in [0.2, 0.25) is 0 Å². The second kappa shape index (κ2) is 11.6. The molecule has 0 atom stereocenters. The number of hydrazine groups is 1. The Morgan fingerprint density at radius 3 is 2.36 bits per heavy atom. The van der Waals surface area contributed by atoms with Crippen molar-refractivity contribution < 1.29 is 28.6 Å². The molecule has 0 saturated carbocycles. The van der Waals surface area contributed by atoms with E-state index in [4.69, 9.17) is 14.2 Å². The number of carbonyl (C=O) groups is 3. The van der Waals surface area contributed by atoms with Gasteiger partial charge < -0.3 is 23.7 Å². The van der Waals surface area contributed by atoms with Crippen molar-refractivity contribution in [1.82, 2.24) is 14.9 Å². The molecule has 11 heteroatoms. The minimum absolute atomic E-state index is 0.0675. The topological polar surface area (TPSA) is 128 Å². The van der Waals surface area contributed by atoms with Gasteiger partial charge in [0, 0.05) is 31.4 Å². The van der Waals surface area contributed by atoms with Crippen molar-refractivity contribution in [1.29, 1.82) is 0 Å². The van der Waals surface area contributed by atoms with Crippen molar-refractivity contribution in [2.75, 3.05) is 25.6 Å². The van der Waals surface area contributed by atoms with Gasteiger partial charge in [0.15, 0.2) is 0 Å². The highest BCUT2D eigenvalue weighted by Gasteiger charge is 2.27. The molecule has 3 rings (SSSR count). The number of benzene rings is 1. The number of pyridine rings is 1. The smallest absolute Gasteiger partial charge is 0.426 e. The molecule has 0 radical (unpaired) electrons. The summed E-state index contributed by atoms with van der Waals surface area (Å²) in [6.45, 7) is 6.12. The molecule has 2 heterocycles. The van der Waals surface area contributed by atoms with Gasteiger partial charge in [-0.3, -0.25) is 10.2 Å². The quantitative estimate of drug-likeness (QED) is 0.351. The van der Waals surface area contributed by atoms with E-state index >= 15 is 0 Å². The van der Waals surface area contributed by atoms with Gasteiger partial charge in [-0.2, -0.15) is 0 Å². The largest absolute Gasteiger partial charge is 0.465 e. The number of nitrogens with one attached hydrogen (secondary N) is 2. The summed E-state index contributed by atoms with van der Waals surface area (Å²) in [5.41, 5.74) is 4.84. The van der Waals surface area contributed by atoms with Crippen LogP contribution in [0.1, 0.15) is 55.6 Å². The zero-order chi connectivity index (χ0) is 26.3. The molecule has 1 fully saturated rings. The number of esters is 1. The van der Waals surface area contributed by atoms with Gasteiger partial charge in [-0.15, -0.1) is 0 Å². The van der Waals surface area contributed by atoms with Crippen LogP contribution in [0.4, 0.5) is 15.3 Å². The molecule has 1 aromatic carbocycles. The van der Waals surface area contributed by atoms with E-state index in [1.54, 1.807) is 25.7 Å². The molecule has 11 nitrogen and oxygen atoms in total. The maximum atomic E-state index is 12.9. The Balaban J connectivity index is 1.65. The lowest BCUT2D eigenvalue weighted by atomic mass is 10.0. The first-order valence-electron chi connectivity index (χ1n) is 11.6. The molecule has 0 unspecified atom stereocenters. The minimum Gasteiger partial charge on any atom is -0.465 e. The Morgan fingerprint density at radius 2 is 1.75 bits per heavy atom. The molecule has 0 bridgehead atoms. The van der Waals surface area contributed by atoms with Crippen LogP contribution in [-0.4, -0.2) is 53.4 Å². The first-order valence-corrected chi connectivity index (χ1v) is 11.6. The number of hydrogen-bond acceptors (Lipinski definition) is 8. The summed E-state index contributed by atoms with van der Waals surface area (Å²) < 4.78 is 16.9. The summed E-state index contributed by atoms with van der Waals surface area (Å²) in [5.74, 6) is -0.681. The molecule has 2 aromatic rings. The highest BCUT2D eigenvalue weighted by molar-refractivity contribution is 5.95. The summed E-state index contributed by atoms with van der Waals surface area (Å²) >= 11 is 0. The van der Waals surface area contributed by atoms with Gasteiger partial charge in [0.2, 0.25) is 0 Å². The van der Waals surface area contributed by atoms with Crippen molar-refractivity contribution in [3.8, 4) is 0 Å². The minimum atomic E-state index is -0.769. The first-order chi connectivity index (χ1) is 17.1. The molecule has 0 spiro atoms. The third-order valence-electron chi connectivity index (χ3n) is 5.51. The number of aromatic nitrogens is 1. The molecule has 0 aliphatic carbocycles. The van der Waals surface area contributed by atoms with Crippen LogP contribution in [0.5, 0.6) is 0 Å². The third kappa shape index (κ3) is 7.24. The molecule has 1 aliphatic heterocycles. The maximum absolute atomic E-state index is 12.9. The van der Waals surface area contributed by atoms with Gasteiger partial charge in [-0.1, -0.05) is 30.3 Å². The van der Waals surface area contributed by atoms with Gasteiger partial charge in [0.1, 0.15) is 17.8 Å². The average molecular weight is 501 g/mol. The second-order valence-electron chi connectivity index (χ2n) is 9.35. The number of methoxy groups -OCH3 is 1. The van der Waals surface area contributed by atoms with E-state index in [-0.39, 0.29) is 29.5 Å². The SMILES string of the molecule is COC(=O)c1cn(C2CCN(C(=O)OCc3ccccc3)CC2)c(=O)cc1NNC(=O)OC(C)(C)C. The number of amides is 2. The summed E-state index contributed by atoms with van der Waals surface area (Å²) in [6.07, 6.45) is 1.23. The number of nitrogens with zero attached hydrogens (tertiary/aromatic N) is 2. The van der Waals surface area contributed by atoms with E-state index in [0.717, 1.165) is 5.56 Å². The van der Waals surface area contributed by atoms with E-state index in [1.807, 2.05) is 30.3 Å². The lowest BCUT2D eigenvalue weighted by molar-refractivity contribution is 0.0536. The first kappa shape index (κ1) is 26.6. The van der Waals surface area contributed by atoms with Crippen LogP contribution < -0.4 is 16.4 Å². The Bertz CT molecular complexity index is 1130. The average Bonchev–Trinajstić information content (AvgIpc) is 2.85. The number of likely N-dealkylation sites (tertiary alicyclic amines) is 1. The van der Waals surface area contributed by atoms with Crippen LogP contribution in [0.15, 0.2) is 47.4 Å². The Hall–Kier alpha value is -4.02. The fourth-order valence-electron chi connectivity index (χ4n) is 3.77. The number of anilines is 1. The molecule has 2 N–H and O–H groups in total. The van der Waals surface area contributed by atoms with E-state index in [0.29, 0.717) is 25.9 Å². The molecular formula is C25H32N4O7. The van der Waals surface area contributed by atoms with E-state index in [1.165, 1.54) is 23.9 Å². The predicted molar refractivity (Wildman–Crippen MR) is 132 cm³/mol. The van der Waals surface area contributed by atoms with Crippen molar-refractivity contribution in [3.63, 3.8) is 0 Å². The molecule has 1 aliphatic rings. The molecule has 1 aromatic heterocycles. The molecule has 2 amide bonds. The Kier molecular flexibility index (Phi) is 8.57. The Labute approximate surface area is 209 Å². The fourth-order valence-corrected chi connectivity index (χ4v) is 3.77. The molecular weight excluding hydrogens is 468 g/mol. The molecule has 36 heavy (non-hydrogen) atoms. The van der Waals surface area contributed by atoms with Crippen LogP contribution in [0.25, 0.3) is 0 Å². The lowest BCUT2D eigenvalue weighted by Crippen LogP contribution is -2.41. The van der Waals surface area contributed by atoms with E-state index < -0.39 is 23.8 Å². The standard InChI is InChI=1S/C25H32N4O7/c1-25(2,3)36-23(32)27-26-20-14-21(30)29(15-19(20)22(31)34-4)18-10-12-28(13-11-18)24(33)35-16-17-8-6-5-7-9-17/h5-9,14-15,18,26H,10-13,16H2,1-4H3,(H,27,32). The van der Waals surface area contributed by atoms with Gasteiger partial charge in [-0.05, 0) is 39.2 Å². The monoisotopic (exact) mass is 500 g/mol. The molecule has 1 saturated heterocycles. The Morgan fingerprint density at radius 1 is 1.08 bits per heavy atom. The lowest BCUT2D eigenvalue weighted by Gasteiger charge is -2.32. The zero-order valence-corrected chi connectivity index (χ0v) is 20.9. The highest BCUT2D eigenvalue weighted by atomic mass is 16.6. The highest BCUT2D eigenvalue weighted by Crippen LogP contribution is 2.24. The van der Waals surface area contributed by atoms with Crippen LogP contribution in [0.3, 0.4) is 0 Å². The van der Waals surface area contributed by atoms with Gasteiger partial charge in [-0.25, -0.2) is 19.8 Å². The zero-order valence-electron chi connectivity index (χ0n) is 20.9. The third-order valence-corrected chi connectivity index (χ3v) is 5.51. The van der Waals surface area contributed by atoms with E-state index in [9.17, 15) is 19.2 Å². The predicted octanol–water partition coefficient (Wildman–Crippen LogP) is 3.46. The van der Waals surface area contributed by atoms with Crippen LogP contribution >= 0.6 is 0 Å². The van der Waals surface area contributed by atoms with E-state index in [2.05, 4.69) is 10.9 Å². The van der Waals surface area contributed by atoms with Gasteiger partial charge in [0.05, 0.1) is 12.8 Å². The number of ether oxygens (including phenoxy) is 3. The summed E-state index contributed by atoms with van der Waals surface area (Å²) in [4.78, 5) is 51.3. The van der Waals surface area contributed by atoms with Crippen molar-refractivity contribution >= 4 is 23.8 Å². The van der Waals surface area contributed by atoms with Crippen LogP contribution in [0, 0.1) is 0 Å². The number of carbonyl (C=O) groups excluding carboxylic acids is 3. The summed E-state index contributed by atoms with van der Waals surface area (Å²) in [5, 5.41) is 0. The normalized spacial score (nSPS) is 14.1. The summed E-state index contributed by atoms with van der Waals surface area (Å²) in [7, 11) is 1.22. The fraction of sp³-hybridized carbons (Fsp3) is 0.440. The number of hydrogen-bond donors (Lipinski definition) is 2.